The summed E-state index contributed by atoms with van der Waals surface area (Å²) < 4.78 is 0. The Morgan fingerprint density at radius 1 is 1.21 bits per heavy atom. The molecule has 3 heterocycles. The summed E-state index contributed by atoms with van der Waals surface area (Å²) in [6.07, 6.45) is 16.3. The fourth-order valence-electron chi connectivity index (χ4n) is 4.65. The quantitative estimate of drug-likeness (QED) is 0.785. The first-order valence-corrected chi connectivity index (χ1v) is 9.01. The van der Waals surface area contributed by atoms with Crippen molar-refractivity contribution in [3.63, 3.8) is 0 Å². The molecule has 0 radical (unpaired) electrons. The van der Waals surface area contributed by atoms with Crippen molar-refractivity contribution in [2.45, 2.75) is 44.7 Å². The summed E-state index contributed by atoms with van der Waals surface area (Å²) in [7, 11) is 0. The highest BCUT2D eigenvalue weighted by Gasteiger charge is 2.38. The van der Waals surface area contributed by atoms with E-state index in [-0.39, 0.29) is 6.04 Å². The fraction of sp³-hybridized carbons (Fsp3) is 0.474. The zero-order valence-electron chi connectivity index (χ0n) is 13.9. The maximum Gasteiger partial charge on any atom is 0.0743 e. The molecule has 1 fully saturated rings. The Bertz CT molecular complexity index is 775. The monoisotopic (exact) mass is 321 g/mol. The number of fused-ring (bicyclic) bond motifs is 2. The number of H-pyrrole nitrogens is 1. The van der Waals surface area contributed by atoms with E-state index in [1.165, 1.54) is 42.5 Å². The van der Waals surface area contributed by atoms with E-state index in [1.807, 2.05) is 6.20 Å². The summed E-state index contributed by atoms with van der Waals surface area (Å²) >= 11 is 0. The van der Waals surface area contributed by atoms with Gasteiger partial charge in [-0.25, -0.2) is 0 Å². The number of hydrazone groups is 1. The van der Waals surface area contributed by atoms with Crippen molar-refractivity contribution in [3.8, 4) is 0 Å². The van der Waals surface area contributed by atoms with E-state index in [4.69, 9.17) is 0 Å². The van der Waals surface area contributed by atoms with Crippen LogP contribution in [0.1, 0.15) is 43.0 Å². The highest BCUT2D eigenvalue weighted by atomic mass is 15.3. The van der Waals surface area contributed by atoms with Gasteiger partial charge in [0.25, 0.3) is 0 Å². The van der Waals surface area contributed by atoms with Crippen molar-refractivity contribution in [3.05, 3.63) is 52.5 Å². The van der Waals surface area contributed by atoms with Crippen LogP contribution in [0.15, 0.2) is 46.4 Å². The second-order valence-electron chi connectivity index (χ2n) is 7.32. The molecule has 2 aliphatic heterocycles. The minimum Gasteiger partial charge on any atom is -0.374 e. The molecule has 3 N–H and O–H groups in total. The van der Waals surface area contributed by atoms with Gasteiger partial charge in [0.1, 0.15) is 0 Å². The molecule has 0 saturated heterocycles. The van der Waals surface area contributed by atoms with Gasteiger partial charge in [-0.3, -0.25) is 5.10 Å². The van der Waals surface area contributed by atoms with Crippen molar-refractivity contribution in [1.82, 2.24) is 20.9 Å². The molecule has 5 nitrogen and oxygen atoms in total. The molecule has 2 aliphatic carbocycles. The lowest BCUT2D eigenvalue weighted by molar-refractivity contribution is 0.542. The molecule has 5 heteroatoms. The van der Waals surface area contributed by atoms with Gasteiger partial charge in [0.05, 0.1) is 18.3 Å². The highest BCUT2D eigenvalue weighted by Crippen LogP contribution is 2.44. The summed E-state index contributed by atoms with van der Waals surface area (Å²) in [5, 5.41) is 15.4. The topological polar surface area (TPSA) is 65.1 Å². The molecule has 124 valence electrons. The number of hydrogen-bond acceptors (Lipinski definition) is 4. The molecule has 1 saturated carbocycles. The normalized spacial score (nSPS) is 31.5. The maximum absolute atomic E-state index is 4.33. The van der Waals surface area contributed by atoms with E-state index < -0.39 is 0 Å². The van der Waals surface area contributed by atoms with Gasteiger partial charge in [-0.1, -0.05) is 25.0 Å². The summed E-state index contributed by atoms with van der Waals surface area (Å²) in [6.45, 7) is 2.09. The van der Waals surface area contributed by atoms with Crippen molar-refractivity contribution < 1.29 is 0 Å². The van der Waals surface area contributed by atoms with Gasteiger partial charge >= 0.3 is 0 Å². The molecule has 24 heavy (non-hydrogen) atoms. The third-order valence-corrected chi connectivity index (χ3v) is 5.91. The molecule has 1 aromatic rings. The molecule has 0 aromatic carbocycles. The smallest absolute Gasteiger partial charge is 0.0743 e. The van der Waals surface area contributed by atoms with Gasteiger partial charge in [0.15, 0.2) is 0 Å². The van der Waals surface area contributed by atoms with Crippen LogP contribution in [0.5, 0.6) is 0 Å². The summed E-state index contributed by atoms with van der Waals surface area (Å²) in [5.74, 6) is 1.05. The second-order valence-corrected chi connectivity index (χ2v) is 7.32. The summed E-state index contributed by atoms with van der Waals surface area (Å²) in [6, 6.07) is 0.508. The van der Waals surface area contributed by atoms with Crippen LogP contribution in [0.3, 0.4) is 0 Å². The van der Waals surface area contributed by atoms with Crippen LogP contribution in [-0.2, 0) is 0 Å². The molecule has 3 atom stereocenters. The van der Waals surface area contributed by atoms with Crippen LogP contribution >= 0.6 is 0 Å². The molecule has 4 aliphatic rings. The Labute approximate surface area is 142 Å². The predicted molar refractivity (Wildman–Crippen MR) is 94.3 cm³/mol. The molecule has 1 aromatic heterocycles. The number of aryl methyl sites for hydroxylation is 1. The molecule has 0 amide bonds. The van der Waals surface area contributed by atoms with E-state index in [2.05, 4.69) is 57.4 Å². The number of dihydropyridines is 1. The van der Waals surface area contributed by atoms with E-state index in [1.54, 1.807) is 5.57 Å². The highest BCUT2D eigenvalue weighted by molar-refractivity contribution is 5.74. The average molecular weight is 321 g/mol. The number of rotatable bonds is 2. The maximum atomic E-state index is 4.33. The lowest BCUT2D eigenvalue weighted by Crippen LogP contribution is -2.36. The lowest BCUT2D eigenvalue weighted by Gasteiger charge is -2.36. The number of aromatic amines is 1. The van der Waals surface area contributed by atoms with Crippen molar-refractivity contribution >= 4 is 6.21 Å². The van der Waals surface area contributed by atoms with Crippen LogP contribution in [0, 0.1) is 18.8 Å². The van der Waals surface area contributed by atoms with Crippen LogP contribution in [0.4, 0.5) is 0 Å². The second kappa shape index (κ2) is 5.36. The van der Waals surface area contributed by atoms with E-state index in [9.17, 15) is 0 Å². The van der Waals surface area contributed by atoms with Gasteiger partial charge in [-0.15, -0.1) is 0 Å². The first-order valence-electron chi connectivity index (χ1n) is 9.01. The van der Waals surface area contributed by atoms with Crippen molar-refractivity contribution in [2.75, 3.05) is 0 Å². The minimum absolute atomic E-state index is 0.200. The number of aromatic nitrogens is 2. The van der Waals surface area contributed by atoms with E-state index >= 15 is 0 Å². The van der Waals surface area contributed by atoms with Crippen LogP contribution < -0.4 is 10.7 Å². The first kappa shape index (κ1) is 14.1. The third kappa shape index (κ3) is 2.07. The zero-order chi connectivity index (χ0) is 16.1. The van der Waals surface area contributed by atoms with Crippen LogP contribution in [0.2, 0.25) is 0 Å². The average Bonchev–Trinajstić information content (AvgIpc) is 3.34. The van der Waals surface area contributed by atoms with Gasteiger partial charge in [0, 0.05) is 29.1 Å². The van der Waals surface area contributed by atoms with E-state index in [0.29, 0.717) is 17.9 Å². The summed E-state index contributed by atoms with van der Waals surface area (Å²) in [4.78, 5) is 0. The largest absolute Gasteiger partial charge is 0.374 e. The van der Waals surface area contributed by atoms with E-state index in [0.717, 1.165) is 5.69 Å². The fourth-order valence-corrected chi connectivity index (χ4v) is 4.65. The Kier molecular flexibility index (Phi) is 3.15. The molecular weight excluding hydrogens is 298 g/mol. The Morgan fingerprint density at radius 2 is 2.08 bits per heavy atom. The van der Waals surface area contributed by atoms with Gasteiger partial charge < -0.3 is 10.7 Å². The van der Waals surface area contributed by atoms with Gasteiger partial charge in [-0.2, -0.15) is 10.2 Å². The molecular formula is C19H23N5. The van der Waals surface area contributed by atoms with Gasteiger partial charge in [0.2, 0.25) is 0 Å². The molecule has 0 spiro atoms. The molecule has 0 bridgehead atoms. The Balaban J connectivity index is 1.60. The number of nitrogens with one attached hydrogen (secondary N) is 3. The van der Waals surface area contributed by atoms with Gasteiger partial charge in [-0.05, 0) is 42.9 Å². The minimum atomic E-state index is 0.200. The molecule has 3 unspecified atom stereocenters. The zero-order valence-corrected chi connectivity index (χ0v) is 13.9. The number of hydrogen-bond donors (Lipinski definition) is 3. The Morgan fingerprint density at radius 3 is 2.88 bits per heavy atom. The first-order chi connectivity index (χ1) is 11.8. The SMILES string of the molecule is Cc1[nH]ncc1C1C=C(C2CCCC2)C2=C(C=CC3NN=CC23)N1. The Hall–Kier alpha value is -2.30. The molecule has 5 rings (SSSR count). The standard InChI is InChI=1S/C19H23N5/c1-11-14(9-20-23-11)18-8-13(12-4-2-3-5-12)19-15-10-21-24-16(15)6-7-17(19)22-18/h6-10,12,15-16,18,22,24H,2-5H2,1H3,(H,20,23). The number of nitrogens with zero attached hydrogens (tertiary/aromatic N) is 2. The number of allylic oxidation sites excluding steroid dienone is 2. The summed E-state index contributed by atoms with van der Waals surface area (Å²) in [5.41, 5.74) is 9.88. The van der Waals surface area contributed by atoms with Crippen molar-refractivity contribution in [2.24, 2.45) is 16.9 Å². The lowest BCUT2D eigenvalue weighted by atomic mass is 9.75. The third-order valence-electron chi connectivity index (χ3n) is 5.91. The van der Waals surface area contributed by atoms with Crippen LogP contribution in [0.25, 0.3) is 0 Å². The predicted octanol–water partition coefficient (Wildman–Crippen LogP) is 2.88. The van der Waals surface area contributed by atoms with Crippen LogP contribution in [-0.4, -0.2) is 22.5 Å². The van der Waals surface area contributed by atoms with Crippen molar-refractivity contribution in [1.29, 1.82) is 0 Å².